The molecule has 1 aromatic carbocycles. The molecule has 0 amide bonds. The van der Waals surface area contributed by atoms with Crippen molar-refractivity contribution in [2.75, 3.05) is 13.6 Å². The van der Waals surface area contributed by atoms with Crippen molar-refractivity contribution in [3.63, 3.8) is 0 Å². The Labute approximate surface area is 180 Å². The summed E-state index contributed by atoms with van der Waals surface area (Å²) in [6.07, 6.45) is 2.31. The number of nitrogens with one attached hydrogen (secondary N) is 1. The summed E-state index contributed by atoms with van der Waals surface area (Å²) < 4.78 is 7.83. The molecule has 1 N–H and O–H groups in total. The van der Waals surface area contributed by atoms with Crippen LogP contribution in [0.4, 0.5) is 0 Å². The predicted molar refractivity (Wildman–Crippen MR) is 123 cm³/mol. The number of benzene rings is 1. The largest absolute Gasteiger partial charge is 0.374 e. The number of ether oxygens (including phenoxy) is 1. The van der Waals surface area contributed by atoms with Gasteiger partial charge < -0.3 is 19.5 Å². The minimum absolute atomic E-state index is 0. The first kappa shape index (κ1) is 23.5. The van der Waals surface area contributed by atoms with Crippen molar-refractivity contribution >= 4 is 29.9 Å². The van der Waals surface area contributed by atoms with E-state index in [0.29, 0.717) is 13.2 Å². The smallest absolute Gasteiger partial charge is 0.194 e. The Balaban J connectivity index is 0.00000364. The van der Waals surface area contributed by atoms with Crippen LogP contribution in [-0.2, 0) is 31.5 Å². The standard InChI is InChI=1S/C21H32N4O.HI/c1-6-22-21(25(5)15-20-11-8-12-24(20)4)23-14-18-9-7-10-19(13-18)16-26-17(2)3;/h7-13,17H,6,14-16H2,1-5H3,(H,22,23);1H. The Bertz CT molecular complexity index is 712. The molecule has 0 atom stereocenters. The van der Waals surface area contributed by atoms with Crippen LogP contribution >= 0.6 is 24.0 Å². The molecule has 0 bridgehead atoms. The molecule has 1 heterocycles. The molecule has 0 aliphatic rings. The highest BCUT2D eigenvalue weighted by molar-refractivity contribution is 14.0. The van der Waals surface area contributed by atoms with Gasteiger partial charge >= 0.3 is 0 Å². The van der Waals surface area contributed by atoms with Crippen molar-refractivity contribution in [1.29, 1.82) is 0 Å². The number of aliphatic imine (C=N–C) groups is 1. The van der Waals surface area contributed by atoms with Gasteiger partial charge in [0, 0.05) is 32.5 Å². The van der Waals surface area contributed by atoms with Crippen molar-refractivity contribution in [3.05, 3.63) is 59.4 Å². The molecule has 0 spiro atoms. The molecule has 27 heavy (non-hydrogen) atoms. The lowest BCUT2D eigenvalue weighted by molar-refractivity contribution is 0.0657. The summed E-state index contributed by atoms with van der Waals surface area (Å²) >= 11 is 0. The van der Waals surface area contributed by atoms with Gasteiger partial charge in [-0.1, -0.05) is 24.3 Å². The van der Waals surface area contributed by atoms with Gasteiger partial charge in [0.05, 0.1) is 25.8 Å². The fraction of sp³-hybridized carbons (Fsp3) is 0.476. The second-order valence-corrected chi connectivity index (χ2v) is 6.82. The van der Waals surface area contributed by atoms with Crippen LogP contribution in [0.25, 0.3) is 0 Å². The summed E-state index contributed by atoms with van der Waals surface area (Å²) in [6, 6.07) is 12.7. The molecule has 0 unspecified atom stereocenters. The van der Waals surface area contributed by atoms with E-state index in [1.807, 2.05) is 0 Å². The maximum Gasteiger partial charge on any atom is 0.194 e. The quantitative estimate of drug-likeness (QED) is 0.348. The van der Waals surface area contributed by atoms with Crippen LogP contribution in [0.15, 0.2) is 47.6 Å². The molecule has 6 heteroatoms. The van der Waals surface area contributed by atoms with Gasteiger partial charge in [-0.2, -0.15) is 0 Å². The molecule has 0 radical (unpaired) electrons. The van der Waals surface area contributed by atoms with E-state index in [1.54, 1.807) is 0 Å². The summed E-state index contributed by atoms with van der Waals surface area (Å²) in [6.45, 7) is 9.16. The van der Waals surface area contributed by atoms with Gasteiger partial charge in [-0.3, -0.25) is 0 Å². The monoisotopic (exact) mass is 484 g/mol. The van der Waals surface area contributed by atoms with E-state index in [4.69, 9.17) is 9.73 Å². The van der Waals surface area contributed by atoms with Crippen LogP contribution in [0.3, 0.4) is 0 Å². The third kappa shape index (κ3) is 7.92. The first-order valence-electron chi connectivity index (χ1n) is 9.28. The van der Waals surface area contributed by atoms with Gasteiger partial charge in [0.2, 0.25) is 0 Å². The Kier molecular flexibility index (Phi) is 10.5. The van der Waals surface area contributed by atoms with Crippen LogP contribution in [0.1, 0.15) is 37.6 Å². The number of hydrogen-bond donors (Lipinski definition) is 1. The molecule has 0 aliphatic heterocycles. The average molecular weight is 484 g/mol. The summed E-state index contributed by atoms with van der Waals surface area (Å²) in [5.74, 6) is 0.914. The zero-order valence-corrected chi connectivity index (χ0v) is 19.4. The number of halogens is 1. The lowest BCUT2D eigenvalue weighted by Crippen LogP contribution is -2.38. The van der Waals surface area contributed by atoms with Gasteiger partial charge in [-0.25, -0.2) is 4.99 Å². The lowest BCUT2D eigenvalue weighted by Gasteiger charge is -2.22. The zero-order valence-electron chi connectivity index (χ0n) is 17.1. The van der Waals surface area contributed by atoms with Crippen LogP contribution < -0.4 is 5.32 Å². The minimum Gasteiger partial charge on any atom is -0.374 e. The Morgan fingerprint density at radius 1 is 1.22 bits per heavy atom. The molecule has 0 aliphatic carbocycles. The second-order valence-electron chi connectivity index (χ2n) is 6.82. The van der Waals surface area contributed by atoms with Crippen LogP contribution in [-0.4, -0.2) is 35.1 Å². The summed E-state index contributed by atoms with van der Waals surface area (Å²) in [5.41, 5.74) is 3.64. The fourth-order valence-electron chi connectivity index (χ4n) is 2.70. The predicted octanol–water partition coefficient (Wildman–Crippen LogP) is 4.17. The van der Waals surface area contributed by atoms with Gasteiger partial charge in [-0.15, -0.1) is 24.0 Å². The SMILES string of the molecule is CCNC(=NCc1cccc(COC(C)C)c1)N(C)Cc1cccn1C.I. The van der Waals surface area contributed by atoms with Crippen LogP contribution in [0.2, 0.25) is 0 Å². The van der Waals surface area contributed by atoms with E-state index in [-0.39, 0.29) is 30.1 Å². The lowest BCUT2D eigenvalue weighted by atomic mass is 10.1. The van der Waals surface area contributed by atoms with Crippen molar-refractivity contribution in [3.8, 4) is 0 Å². The molecule has 2 aromatic rings. The maximum atomic E-state index is 5.70. The molecule has 2 rings (SSSR count). The van der Waals surface area contributed by atoms with Crippen molar-refractivity contribution in [2.24, 2.45) is 12.0 Å². The van der Waals surface area contributed by atoms with Crippen molar-refractivity contribution < 1.29 is 4.74 Å². The Morgan fingerprint density at radius 2 is 1.96 bits per heavy atom. The normalized spacial score (nSPS) is 11.4. The van der Waals surface area contributed by atoms with E-state index >= 15 is 0 Å². The molecule has 0 fully saturated rings. The summed E-state index contributed by atoms with van der Waals surface area (Å²) in [4.78, 5) is 6.97. The Morgan fingerprint density at radius 3 is 2.59 bits per heavy atom. The topological polar surface area (TPSA) is 41.8 Å². The van der Waals surface area contributed by atoms with Crippen LogP contribution in [0.5, 0.6) is 0 Å². The molecular formula is C21H33IN4O. The first-order valence-corrected chi connectivity index (χ1v) is 9.28. The number of hydrogen-bond acceptors (Lipinski definition) is 2. The van der Waals surface area contributed by atoms with Crippen LogP contribution in [0, 0.1) is 0 Å². The third-order valence-corrected chi connectivity index (χ3v) is 4.13. The highest BCUT2D eigenvalue weighted by Gasteiger charge is 2.08. The molecule has 5 nitrogen and oxygen atoms in total. The van der Waals surface area contributed by atoms with E-state index in [0.717, 1.165) is 19.0 Å². The van der Waals surface area contributed by atoms with E-state index in [9.17, 15) is 0 Å². The molecule has 0 saturated carbocycles. The maximum absolute atomic E-state index is 5.70. The number of aryl methyl sites for hydroxylation is 1. The zero-order chi connectivity index (χ0) is 18.9. The molecule has 0 saturated heterocycles. The van der Waals surface area contributed by atoms with Gasteiger partial charge in [0.25, 0.3) is 0 Å². The number of nitrogens with zero attached hydrogens (tertiary/aromatic N) is 3. The van der Waals surface area contributed by atoms with E-state index in [2.05, 4.69) is 92.2 Å². The van der Waals surface area contributed by atoms with Gasteiger partial charge in [-0.05, 0) is 44.0 Å². The second kappa shape index (κ2) is 12.0. The van der Waals surface area contributed by atoms with E-state index < -0.39 is 0 Å². The van der Waals surface area contributed by atoms with Crippen molar-refractivity contribution in [1.82, 2.24) is 14.8 Å². The van der Waals surface area contributed by atoms with Crippen molar-refractivity contribution in [2.45, 2.75) is 46.6 Å². The third-order valence-electron chi connectivity index (χ3n) is 4.13. The molecule has 1 aromatic heterocycles. The summed E-state index contributed by atoms with van der Waals surface area (Å²) in [5, 5.41) is 3.38. The Hall–Kier alpha value is -1.54. The number of guanidine groups is 1. The minimum atomic E-state index is 0. The molecular weight excluding hydrogens is 451 g/mol. The first-order chi connectivity index (χ1) is 12.5. The fourth-order valence-corrected chi connectivity index (χ4v) is 2.70. The van der Waals surface area contributed by atoms with Gasteiger partial charge in [0.1, 0.15) is 0 Å². The number of rotatable bonds is 8. The summed E-state index contributed by atoms with van der Waals surface area (Å²) in [7, 11) is 4.14. The molecule has 150 valence electrons. The highest BCUT2D eigenvalue weighted by Crippen LogP contribution is 2.10. The average Bonchev–Trinajstić information content (AvgIpc) is 3.02. The highest BCUT2D eigenvalue weighted by atomic mass is 127. The van der Waals surface area contributed by atoms with E-state index in [1.165, 1.54) is 16.8 Å². The van der Waals surface area contributed by atoms with Gasteiger partial charge in [0.15, 0.2) is 5.96 Å². The number of aromatic nitrogens is 1.